The van der Waals surface area contributed by atoms with Crippen LogP contribution >= 0.6 is 0 Å². The van der Waals surface area contributed by atoms with Gasteiger partial charge in [-0.1, -0.05) is 55.7 Å². The van der Waals surface area contributed by atoms with E-state index in [4.69, 9.17) is 0 Å². The largest absolute Gasteiger partial charge is 0.394 e. The summed E-state index contributed by atoms with van der Waals surface area (Å²) in [5.41, 5.74) is 3.30. The summed E-state index contributed by atoms with van der Waals surface area (Å²) in [6.45, 7) is -0.186. The zero-order valence-electron chi connectivity index (χ0n) is 19.3. The molecule has 2 fully saturated rings. The maximum atomic E-state index is 13.3. The lowest BCUT2D eigenvalue weighted by Gasteiger charge is -2.53. The molecule has 1 heterocycles. The first kappa shape index (κ1) is 23.0. The Morgan fingerprint density at radius 3 is 2.48 bits per heavy atom. The van der Waals surface area contributed by atoms with Gasteiger partial charge in [0.05, 0.1) is 18.7 Å². The number of rotatable bonds is 5. The summed E-state index contributed by atoms with van der Waals surface area (Å²) in [5, 5.41) is 20.2. The van der Waals surface area contributed by atoms with Gasteiger partial charge in [0.25, 0.3) is 5.91 Å². The summed E-state index contributed by atoms with van der Waals surface area (Å²) in [7, 11) is 3.44. The fourth-order valence-corrected chi connectivity index (χ4v) is 5.37. The number of aliphatic hydroxyl groups is 1. The second-order valence-corrected chi connectivity index (χ2v) is 9.30. The number of aliphatic hydroxyl groups excluding tert-OH is 1. The van der Waals surface area contributed by atoms with Crippen molar-refractivity contribution in [2.75, 3.05) is 20.7 Å². The van der Waals surface area contributed by atoms with Crippen LogP contribution in [0.25, 0.3) is 11.1 Å². The number of nitrogens with zero attached hydrogens (tertiary/aromatic N) is 3. The summed E-state index contributed by atoms with van der Waals surface area (Å²) in [5.74, 6) is -0.400. The van der Waals surface area contributed by atoms with Gasteiger partial charge in [-0.25, -0.2) is 0 Å². The molecule has 2 aliphatic rings. The van der Waals surface area contributed by atoms with E-state index < -0.39 is 12.1 Å². The van der Waals surface area contributed by atoms with Crippen molar-refractivity contribution in [3.05, 3.63) is 59.7 Å². The van der Waals surface area contributed by atoms with Gasteiger partial charge in [-0.15, -0.1) is 0 Å². The van der Waals surface area contributed by atoms with Crippen molar-refractivity contribution < 1.29 is 14.7 Å². The molecule has 6 heteroatoms. The van der Waals surface area contributed by atoms with E-state index in [-0.39, 0.29) is 30.3 Å². The number of amides is 2. The van der Waals surface area contributed by atoms with Gasteiger partial charge in [-0.3, -0.25) is 9.59 Å². The van der Waals surface area contributed by atoms with Crippen molar-refractivity contribution in [3.63, 3.8) is 0 Å². The molecule has 1 saturated heterocycles. The second-order valence-electron chi connectivity index (χ2n) is 9.30. The molecule has 0 unspecified atom stereocenters. The number of benzene rings is 2. The molecule has 6 nitrogen and oxygen atoms in total. The molecule has 0 spiro atoms. The minimum Gasteiger partial charge on any atom is -0.394 e. The van der Waals surface area contributed by atoms with E-state index in [2.05, 4.69) is 6.07 Å². The highest BCUT2D eigenvalue weighted by atomic mass is 16.3. The summed E-state index contributed by atoms with van der Waals surface area (Å²) in [4.78, 5) is 28.9. The smallest absolute Gasteiger partial charge is 0.253 e. The van der Waals surface area contributed by atoms with Crippen molar-refractivity contribution in [1.29, 1.82) is 5.26 Å². The quantitative estimate of drug-likeness (QED) is 0.758. The Balaban J connectivity index is 1.68. The van der Waals surface area contributed by atoms with Gasteiger partial charge in [-0.05, 0) is 41.7 Å². The fraction of sp³-hybridized carbons (Fsp3) is 0.444. The Hall–Kier alpha value is -3.17. The van der Waals surface area contributed by atoms with E-state index in [1.807, 2.05) is 42.5 Å². The fourth-order valence-electron chi connectivity index (χ4n) is 5.37. The van der Waals surface area contributed by atoms with E-state index in [1.165, 1.54) is 0 Å². The molecule has 2 aromatic carbocycles. The highest BCUT2D eigenvalue weighted by molar-refractivity contribution is 5.95. The first-order chi connectivity index (χ1) is 16.0. The highest BCUT2D eigenvalue weighted by Crippen LogP contribution is 2.45. The predicted octanol–water partition coefficient (Wildman–Crippen LogP) is 3.81. The third-order valence-electron chi connectivity index (χ3n) is 7.09. The van der Waals surface area contributed by atoms with Crippen LogP contribution in [-0.2, 0) is 4.79 Å². The molecule has 3 atom stereocenters. The molecular formula is C27H31N3O3. The topological polar surface area (TPSA) is 84.6 Å². The van der Waals surface area contributed by atoms with Gasteiger partial charge in [0.2, 0.25) is 5.91 Å². The maximum absolute atomic E-state index is 13.3. The minimum absolute atomic E-state index is 0.00704. The monoisotopic (exact) mass is 445 g/mol. The van der Waals surface area contributed by atoms with Gasteiger partial charge >= 0.3 is 0 Å². The average Bonchev–Trinajstić information content (AvgIpc) is 2.84. The Labute approximate surface area is 195 Å². The van der Waals surface area contributed by atoms with Crippen LogP contribution in [0.5, 0.6) is 0 Å². The van der Waals surface area contributed by atoms with Crippen LogP contribution in [0, 0.1) is 17.2 Å². The van der Waals surface area contributed by atoms with E-state index in [9.17, 15) is 20.0 Å². The number of carbonyl (C=O) groups is 2. The first-order valence-electron chi connectivity index (χ1n) is 11.7. The minimum atomic E-state index is -0.607. The van der Waals surface area contributed by atoms with Crippen LogP contribution in [0.2, 0.25) is 0 Å². The lowest BCUT2D eigenvalue weighted by molar-refractivity contribution is -0.152. The maximum Gasteiger partial charge on any atom is 0.253 e. The zero-order valence-corrected chi connectivity index (χ0v) is 19.3. The molecule has 172 valence electrons. The zero-order chi connectivity index (χ0) is 23.5. The molecule has 33 heavy (non-hydrogen) atoms. The van der Waals surface area contributed by atoms with Crippen molar-refractivity contribution in [2.45, 2.75) is 50.1 Å². The van der Waals surface area contributed by atoms with Crippen LogP contribution in [0.1, 0.15) is 53.9 Å². The third kappa shape index (κ3) is 4.26. The van der Waals surface area contributed by atoms with Crippen LogP contribution in [0.15, 0.2) is 48.5 Å². The van der Waals surface area contributed by atoms with Gasteiger partial charge in [0.1, 0.15) is 6.04 Å². The molecule has 1 aliphatic heterocycles. The predicted molar refractivity (Wildman–Crippen MR) is 126 cm³/mol. The lowest BCUT2D eigenvalue weighted by atomic mass is 9.72. The molecule has 0 bridgehead atoms. The Bertz CT molecular complexity index is 1070. The van der Waals surface area contributed by atoms with Gasteiger partial charge in [0.15, 0.2) is 0 Å². The van der Waals surface area contributed by atoms with Crippen LogP contribution < -0.4 is 0 Å². The van der Waals surface area contributed by atoms with E-state index in [0.717, 1.165) is 48.8 Å². The molecule has 2 aromatic rings. The summed E-state index contributed by atoms with van der Waals surface area (Å²) < 4.78 is 0. The first-order valence-corrected chi connectivity index (χ1v) is 11.7. The summed E-state index contributed by atoms with van der Waals surface area (Å²) >= 11 is 0. The third-order valence-corrected chi connectivity index (χ3v) is 7.09. The van der Waals surface area contributed by atoms with Gasteiger partial charge in [-0.2, -0.15) is 5.26 Å². The van der Waals surface area contributed by atoms with Crippen LogP contribution in [0.3, 0.4) is 0 Å². The lowest BCUT2D eigenvalue weighted by Crippen LogP contribution is -2.66. The second kappa shape index (κ2) is 9.76. The van der Waals surface area contributed by atoms with E-state index >= 15 is 0 Å². The Kier molecular flexibility index (Phi) is 6.80. The van der Waals surface area contributed by atoms with Crippen molar-refractivity contribution in [1.82, 2.24) is 9.80 Å². The summed E-state index contributed by atoms with van der Waals surface area (Å²) in [6, 6.07) is 16.6. The molecule has 1 saturated carbocycles. The molecule has 0 radical (unpaired) electrons. The highest BCUT2D eigenvalue weighted by Gasteiger charge is 2.53. The average molecular weight is 446 g/mol. The van der Waals surface area contributed by atoms with Crippen LogP contribution in [-0.4, -0.2) is 59.5 Å². The van der Waals surface area contributed by atoms with Gasteiger partial charge < -0.3 is 14.9 Å². The SMILES string of the molecule is CN(C)C(=O)c1cccc(-c2ccccc2[C@H]2[C@@H](C#N)N(C(=O)C3CCCCC3)[C@H]2CO)c1. The van der Waals surface area contributed by atoms with Crippen molar-refractivity contribution in [2.24, 2.45) is 5.92 Å². The summed E-state index contributed by atoms with van der Waals surface area (Å²) in [6.07, 6.45) is 4.96. The normalized spacial score (nSPS) is 22.8. The molecule has 1 aliphatic carbocycles. The Morgan fingerprint density at radius 2 is 1.82 bits per heavy atom. The van der Waals surface area contributed by atoms with Crippen molar-refractivity contribution in [3.8, 4) is 17.2 Å². The van der Waals surface area contributed by atoms with E-state index in [1.54, 1.807) is 30.0 Å². The van der Waals surface area contributed by atoms with E-state index in [0.29, 0.717) is 5.56 Å². The number of hydrogen-bond acceptors (Lipinski definition) is 4. The number of hydrogen-bond donors (Lipinski definition) is 1. The molecule has 2 amide bonds. The molecule has 4 rings (SSSR count). The standard InChI is InChI=1S/C27H31N3O3/c1-29(2)26(32)20-12-8-11-19(15-20)21-13-6-7-14-22(21)25-23(16-28)30(24(25)17-31)27(33)18-9-4-3-5-10-18/h6-8,11-15,18,23-25,31H,3-5,9-10,17H2,1-2H3/t23-,24+,25+/m1/s1. The number of likely N-dealkylation sites (tertiary alicyclic amines) is 1. The molecule has 0 aromatic heterocycles. The molecular weight excluding hydrogens is 414 g/mol. The Morgan fingerprint density at radius 1 is 1.09 bits per heavy atom. The van der Waals surface area contributed by atoms with Gasteiger partial charge in [0, 0.05) is 31.5 Å². The number of carbonyl (C=O) groups excluding carboxylic acids is 2. The molecule has 1 N–H and O–H groups in total. The van der Waals surface area contributed by atoms with Crippen LogP contribution in [0.4, 0.5) is 0 Å². The number of nitriles is 1. The van der Waals surface area contributed by atoms with Crippen molar-refractivity contribution >= 4 is 11.8 Å².